The fraction of sp³-hybridized carbons (Fsp3) is 0.545. The molecule has 0 N–H and O–H groups in total. The van der Waals surface area contributed by atoms with E-state index in [1.807, 2.05) is 6.26 Å². The van der Waals surface area contributed by atoms with Crippen LogP contribution in [-0.4, -0.2) is 35.4 Å². The van der Waals surface area contributed by atoms with Crippen LogP contribution < -0.4 is 23.6 Å². The van der Waals surface area contributed by atoms with Gasteiger partial charge in [0.2, 0.25) is 5.88 Å². The van der Waals surface area contributed by atoms with Crippen LogP contribution in [0, 0.1) is 5.92 Å². The van der Waals surface area contributed by atoms with Crippen molar-refractivity contribution in [2.75, 3.05) is 19.5 Å². The van der Waals surface area contributed by atoms with E-state index in [0.717, 1.165) is 12.8 Å². The molecule has 1 fully saturated rings. The number of carbonyl (C=O) groups excluding carboxylic acids is 1. The molecule has 0 aliphatic carbocycles. The van der Waals surface area contributed by atoms with Crippen molar-refractivity contribution in [3.05, 3.63) is 12.3 Å². The third-order valence-corrected chi connectivity index (χ3v) is 3.11. The maximum Gasteiger partial charge on any atom is 1.00 e. The monoisotopic (exact) mass is 262 g/mol. The third-order valence-electron chi connectivity index (χ3n) is 2.55. The minimum atomic E-state index is -0.223. The van der Waals surface area contributed by atoms with E-state index >= 15 is 0 Å². The summed E-state index contributed by atoms with van der Waals surface area (Å²) in [7, 11) is 0. The SMILES string of the molecule is CSc1nccc(OC(=O)C2CCOCC2)n1.[H-].[Li+]. The maximum atomic E-state index is 11.8. The van der Waals surface area contributed by atoms with Gasteiger partial charge in [-0.1, -0.05) is 11.8 Å². The quantitative estimate of drug-likeness (QED) is 0.290. The summed E-state index contributed by atoms with van der Waals surface area (Å²) in [6, 6.07) is 1.59. The Morgan fingerprint density at radius 2 is 2.28 bits per heavy atom. The summed E-state index contributed by atoms with van der Waals surface area (Å²) in [5.41, 5.74) is 0. The molecule has 0 unspecified atom stereocenters. The first-order chi connectivity index (χ1) is 8.29. The van der Waals surface area contributed by atoms with Crippen molar-refractivity contribution in [2.24, 2.45) is 5.92 Å². The van der Waals surface area contributed by atoms with Crippen LogP contribution in [0.2, 0.25) is 0 Å². The van der Waals surface area contributed by atoms with E-state index in [2.05, 4.69) is 9.97 Å². The van der Waals surface area contributed by atoms with Gasteiger partial charge in [0.25, 0.3) is 0 Å². The van der Waals surface area contributed by atoms with E-state index in [4.69, 9.17) is 9.47 Å². The first-order valence-electron chi connectivity index (χ1n) is 5.46. The maximum absolute atomic E-state index is 11.8. The fourth-order valence-corrected chi connectivity index (χ4v) is 1.95. The number of aromatic nitrogens is 2. The van der Waals surface area contributed by atoms with Crippen molar-refractivity contribution in [3.8, 4) is 5.88 Å². The van der Waals surface area contributed by atoms with Gasteiger partial charge in [-0.2, -0.15) is 4.98 Å². The first-order valence-corrected chi connectivity index (χ1v) is 6.68. The molecule has 5 nitrogen and oxygen atoms in total. The van der Waals surface area contributed by atoms with Gasteiger partial charge in [-0.3, -0.25) is 4.79 Å². The molecule has 0 spiro atoms. The molecule has 0 radical (unpaired) electrons. The number of hydrogen-bond donors (Lipinski definition) is 0. The fourth-order valence-electron chi connectivity index (χ4n) is 1.60. The zero-order valence-corrected chi connectivity index (χ0v) is 11.4. The average molecular weight is 262 g/mol. The Kier molecular flexibility index (Phi) is 6.72. The number of rotatable bonds is 3. The molecule has 94 valence electrons. The topological polar surface area (TPSA) is 61.3 Å². The number of esters is 1. The molecule has 1 aromatic heterocycles. The van der Waals surface area contributed by atoms with E-state index in [9.17, 15) is 4.79 Å². The molecule has 2 rings (SSSR count). The molecule has 1 saturated heterocycles. The van der Waals surface area contributed by atoms with E-state index in [1.54, 1.807) is 12.3 Å². The molecule has 1 aliphatic heterocycles. The standard InChI is InChI=1S/C11H14N2O3S.Li.H/c1-17-11-12-5-2-9(13-11)16-10(14)8-3-6-15-7-4-8;;/h2,5,8H,3-4,6-7H2,1H3;;/q;+1;-1. The summed E-state index contributed by atoms with van der Waals surface area (Å²) in [6.07, 6.45) is 4.91. The second-order valence-electron chi connectivity index (χ2n) is 3.69. The molecule has 0 aromatic carbocycles. The molecular formula is C11H15LiN2O3S. The number of thioether (sulfide) groups is 1. The Hall–Kier alpha value is -0.543. The summed E-state index contributed by atoms with van der Waals surface area (Å²) in [5, 5.41) is 0.599. The van der Waals surface area contributed by atoms with Crippen molar-refractivity contribution in [2.45, 2.75) is 18.0 Å². The van der Waals surface area contributed by atoms with Crippen LogP contribution in [0.1, 0.15) is 14.3 Å². The first kappa shape index (κ1) is 15.5. The second-order valence-corrected chi connectivity index (χ2v) is 4.46. The Labute approximate surface area is 124 Å². The van der Waals surface area contributed by atoms with Crippen LogP contribution in [0.3, 0.4) is 0 Å². The van der Waals surface area contributed by atoms with Crippen molar-refractivity contribution in [1.82, 2.24) is 9.97 Å². The summed E-state index contributed by atoms with van der Waals surface area (Å²) in [6.45, 7) is 1.25. The van der Waals surface area contributed by atoms with Crippen LogP contribution in [0.4, 0.5) is 0 Å². The minimum absolute atomic E-state index is 0. The largest absolute Gasteiger partial charge is 1.00 e. The zero-order chi connectivity index (χ0) is 12.1. The van der Waals surface area contributed by atoms with Gasteiger partial charge in [0, 0.05) is 25.5 Å². The molecule has 18 heavy (non-hydrogen) atoms. The summed E-state index contributed by atoms with van der Waals surface area (Å²) < 4.78 is 10.4. The molecule has 0 amide bonds. The smallest absolute Gasteiger partial charge is 1.00 e. The molecule has 1 aliphatic rings. The molecule has 0 atom stereocenters. The van der Waals surface area contributed by atoms with E-state index < -0.39 is 0 Å². The Bertz CT molecular complexity index is 405. The molecule has 7 heteroatoms. The number of ether oxygens (including phenoxy) is 2. The van der Waals surface area contributed by atoms with Crippen molar-refractivity contribution in [3.63, 3.8) is 0 Å². The second kappa shape index (κ2) is 7.80. The van der Waals surface area contributed by atoms with Gasteiger partial charge in [0.05, 0.1) is 5.92 Å². The molecule has 1 aromatic rings. The van der Waals surface area contributed by atoms with E-state index in [-0.39, 0.29) is 32.2 Å². The van der Waals surface area contributed by atoms with Gasteiger partial charge >= 0.3 is 24.8 Å². The van der Waals surface area contributed by atoms with Gasteiger partial charge in [-0.15, -0.1) is 0 Å². The van der Waals surface area contributed by atoms with E-state index in [0.29, 0.717) is 24.3 Å². The number of hydrogen-bond acceptors (Lipinski definition) is 6. The predicted molar refractivity (Wildman–Crippen MR) is 64.1 cm³/mol. The molecule has 0 bridgehead atoms. The van der Waals surface area contributed by atoms with Gasteiger partial charge in [-0.25, -0.2) is 4.98 Å². The predicted octanol–water partition coefficient (Wildman–Crippen LogP) is -1.35. The van der Waals surface area contributed by atoms with Gasteiger partial charge < -0.3 is 10.9 Å². The van der Waals surface area contributed by atoms with Crippen molar-refractivity contribution < 1.29 is 34.6 Å². The van der Waals surface area contributed by atoms with Crippen LogP contribution >= 0.6 is 11.8 Å². The zero-order valence-electron chi connectivity index (χ0n) is 11.6. The minimum Gasteiger partial charge on any atom is -1.00 e. The molecule has 0 saturated carbocycles. The third kappa shape index (κ3) is 4.29. The molecule has 2 heterocycles. The van der Waals surface area contributed by atoms with Crippen LogP contribution in [0.15, 0.2) is 17.4 Å². The van der Waals surface area contributed by atoms with Crippen LogP contribution in [0.5, 0.6) is 5.88 Å². The van der Waals surface area contributed by atoms with Crippen LogP contribution in [0.25, 0.3) is 0 Å². The Morgan fingerprint density at radius 1 is 1.56 bits per heavy atom. The number of nitrogens with zero attached hydrogens (tertiary/aromatic N) is 2. The normalized spacial score (nSPS) is 15.8. The van der Waals surface area contributed by atoms with E-state index in [1.165, 1.54) is 11.8 Å². The van der Waals surface area contributed by atoms with Gasteiger partial charge in [0.15, 0.2) is 5.16 Å². The van der Waals surface area contributed by atoms with Crippen molar-refractivity contribution >= 4 is 17.7 Å². The Balaban J connectivity index is 0.00000162. The van der Waals surface area contributed by atoms with Crippen LogP contribution in [-0.2, 0) is 9.53 Å². The Morgan fingerprint density at radius 3 is 2.94 bits per heavy atom. The van der Waals surface area contributed by atoms with Crippen molar-refractivity contribution in [1.29, 1.82) is 0 Å². The van der Waals surface area contributed by atoms with Gasteiger partial charge in [0.1, 0.15) is 0 Å². The summed E-state index contributed by atoms with van der Waals surface area (Å²) in [5.74, 6) is 0.0244. The average Bonchev–Trinajstić information content (AvgIpc) is 2.40. The molecular weight excluding hydrogens is 247 g/mol. The van der Waals surface area contributed by atoms with Gasteiger partial charge in [-0.05, 0) is 19.1 Å². The summed E-state index contributed by atoms with van der Waals surface area (Å²) >= 11 is 1.41. The number of carbonyl (C=O) groups is 1. The summed E-state index contributed by atoms with van der Waals surface area (Å²) in [4.78, 5) is 19.9.